The molecular formula is C22H19NO. The van der Waals surface area contributed by atoms with Crippen LogP contribution in [0.5, 0.6) is 0 Å². The second-order valence-electron chi connectivity index (χ2n) is 6.17. The number of para-hydroxylation sites is 2. The molecule has 2 nitrogen and oxygen atoms in total. The van der Waals surface area contributed by atoms with Crippen LogP contribution < -0.4 is 0 Å². The summed E-state index contributed by atoms with van der Waals surface area (Å²) in [6.45, 7) is 2.11. The van der Waals surface area contributed by atoms with Gasteiger partial charge in [-0.05, 0) is 36.6 Å². The highest BCUT2D eigenvalue weighted by Crippen LogP contribution is 2.30. The Labute approximate surface area is 141 Å². The summed E-state index contributed by atoms with van der Waals surface area (Å²) in [4.78, 5) is 4.74. The zero-order chi connectivity index (χ0) is 16.4. The Morgan fingerprint density at radius 2 is 1.54 bits per heavy atom. The number of hydrogen-bond acceptors (Lipinski definition) is 2. The van der Waals surface area contributed by atoms with Gasteiger partial charge >= 0.3 is 0 Å². The quantitative estimate of drug-likeness (QED) is 0.496. The monoisotopic (exact) mass is 313 g/mol. The zero-order valence-electron chi connectivity index (χ0n) is 13.6. The first-order valence-corrected chi connectivity index (χ1v) is 8.25. The van der Waals surface area contributed by atoms with E-state index in [-0.39, 0.29) is 5.92 Å². The van der Waals surface area contributed by atoms with E-state index in [4.69, 9.17) is 9.40 Å². The molecule has 1 heterocycles. The predicted octanol–water partition coefficient (Wildman–Crippen LogP) is 5.51. The molecule has 0 saturated carbocycles. The molecule has 0 amide bonds. The Balaban J connectivity index is 1.76. The van der Waals surface area contributed by atoms with Gasteiger partial charge in [-0.3, -0.25) is 0 Å². The molecule has 0 N–H and O–H groups in total. The summed E-state index contributed by atoms with van der Waals surface area (Å²) in [6.07, 6.45) is 0.872. The van der Waals surface area contributed by atoms with Gasteiger partial charge in [-0.25, -0.2) is 4.98 Å². The van der Waals surface area contributed by atoms with E-state index in [1.165, 1.54) is 16.7 Å². The third-order valence-corrected chi connectivity index (χ3v) is 4.37. The second-order valence-corrected chi connectivity index (χ2v) is 6.17. The van der Waals surface area contributed by atoms with Crippen LogP contribution >= 0.6 is 0 Å². The topological polar surface area (TPSA) is 26.0 Å². The molecule has 118 valence electrons. The van der Waals surface area contributed by atoms with E-state index >= 15 is 0 Å². The first-order chi connectivity index (χ1) is 11.8. The van der Waals surface area contributed by atoms with Gasteiger partial charge in [0.1, 0.15) is 5.52 Å². The molecule has 3 aromatic carbocycles. The van der Waals surface area contributed by atoms with E-state index in [1.807, 2.05) is 30.3 Å². The van der Waals surface area contributed by atoms with Crippen molar-refractivity contribution in [1.29, 1.82) is 0 Å². The van der Waals surface area contributed by atoms with Crippen LogP contribution in [0.2, 0.25) is 0 Å². The summed E-state index contributed by atoms with van der Waals surface area (Å²) in [6, 6.07) is 27.1. The Morgan fingerprint density at radius 3 is 2.29 bits per heavy atom. The van der Waals surface area contributed by atoms with Crippen molar-refractivity contribution in [2.24, 2.45) is 0 Å². The number of rotatable bonds is 4. The molecule has 0 bridgehead atoms. The van der Waals surface area contributed by atoms with Crippen molar-refractivity contribution in [3.8, 4) is 0 Å². The van der Waals surface area contributed by atoms with Gasteiger partial charge in [-0.1, -0.05) is 72.3 Å². The molecule has 4 aromatic rings. The molecule has 0 aliphatic rings. The van der Waals surface area contributed by atoms with Gasteiger partial charge in [0, 0.05) is 0 Å². The fourth-order valence-electron chi connectivity index (χ4n) is 3.03. The normalized spacial score (nSPS) is 12.4. The van der Waals surface area contributed by atoms with Crippen LogP contribution in [-0.2, 0) is 6.42 Å². The summed E-state index contributed by atoms with van der Waals surface area (Å²) in [5.74, 6) is 0.893. The highest BCUT2D eigenvalue weighted by Gasteiger charge is 2.20. The van der Waals surface area contributed by atoms with E-state index in [9.17, 15) is 0 Å². The zero-order valence-corrected chi connectivity index (χ0v) is 13.6. The molecule has 1 atom stereocenters. The van der Waals surface area contributed by atoms with Crippen molar-refractivity contribution < 1.29 is 4.42 Å². The fourth-order valence-corrected chi connectivity index (χ4v) is 3.03. The lowest BCUT2D eigenvalue weighted by Crippen LogP contribution is -2.05. The first-order valence-electron chi connectivity index (χ1n) is 8.25. The Kier molecular flexibility index (Phi) is 3.87. The maximum atomic E-state index is 6.07. The van der Waals surface area contributed by atoms with Crippen LogP contribution in [-0.4, -0.2) is 4.98 Å². The summed E-state index contributed by atoms with van der Waals surface area (Å²) < 4.78 is 6.07. The number of aromatic nitrogens is 1. The molecule has 0 aliphatic heterocycles. The van der Waals surface area contributed by atoms with E-state index in [1.54, 1.807) is 0 Å². The number of oxazole rings is 1. The lowest BCUT2D eigenvalue weighted by atomic mass is 9.91. The van der Waals surface area contributed by atoms with Crippen molar-refractivity contribution in [3.63, 3.8) is 0 Å². The first kappa shape index (κ1) is 14.7. The molecule has 0 radical (unpaired) electrons. The van der Waals surface area contributed by atoms with Gasteiger partial charge in [-0.15, -0.1) is 0 Å². The maximum absolute atomic E-state index is 6.07. The molecule has 0 spiro atoms. The van der Waals surface area contributed by atoms with Crippen molar-refractivity contribution >= 4 is 11.1 Å². The molecule has 0 aliphatic carbocycles. The van der Waals surface area contributed by atoms with Crippen LogP contribution in [0, 0.1) is 6.92 Å². The van der Waals surface area contributed by atoms with Gasteiger partial charge in [0.2, 0.25) is 5.89 Å². The summed E-state index contributed by atoms with van der Waals surface area (Å²) in [5.41, 5.74) is 5.55. The molecule has 1 aromatic heterocycles. The summed E-state index contributed by atoms with van der Waals surface area (Å²) in [7, 11) is 0. The molecule has 0 fully saturated rings. The molecule has 0 saturated heterocycles. The Morgan fingerprint density at radius 1 is 0.833 bits per heavy atom. The van der Waals surface area contributed by atoms with E-state index in [2.05, 4.69) is 55.5 Å². The van der Waals surface area contributed by atoms with Gasteiger partial charge in [0.25, 0.3) is 0 Å². The van der Waals surface area contributed by atoms with Gasteiger partial charge in [-0.2, -0.15) is 0 Å². The number of nitrogens with zero attached hydrogens (tertiary/aromatic N) is 1. The lowest BCUT2D eigenvalue weighted by Gasteiger charge is -2.14. The predicted molar refractivity (Wildman–Crippen MR) is 97.2 cm³/mol. The van der Waals surface area contributed by atoms with Crippen LogP contribution in [0.25, 0.3) is 11.1 Å². The Hall–Kier alpha value is -2.87. The van der Waals surface area contributed by atoms with Gasteiger partial charge < -0.3 is 4.42 Å². The van der Waals surface area contributed by atoms with Crippen LogP contribution in [0.15, 0.2) is 83.3 Å². The summed E-state index contributed by atoms with van der Waals surface area (Å²) >= 11 is 0. The van der Waals surface area contributed by atoms with E-state index in [0.717, 1.165) is 23.4 Å². The maximum Gasteiger partial charge on any atom is 0.203 e. The average Bonchev–Trinajstić information content (AvgIpc) is 3.06. The van der Waals surface area contributed by atoms with Crippen molar-refractivity contribution in [3.05, 3.63) is 101 Å². The molecule has 4 rings (SSSR count). The Bertz CT molecular complexity index is 906. The largest absolute Gasteiger partial charge is 0.440 e. The standard InChI is InChI=1S/C22H19NO/c1-16-11-13-17(14-12-16)15-19(18-7-3-2-4-8-18)22-23-20-9-5-6-10-21(20)24-22/h2-14,19H,15H2,1H3. The molecule has 24 heavy (non-hydrogen) atoms. The highest BCUT2D eigenvalue weighted by atomic mass is 16.3. The van der Waals surface area contributed by atoms with E-state index in [0.29, 0.717) is 0 Å². The smallest absolute Gasteiger partial charge is 0.203 e. The van der Waals surface area contributed by atoms with Gasteiger partial charge in [0.05, 0.1) is 5.92 Å². The lowest BCUT2D eigenvalue weighted by molar-refractivity contribution is 0.497. The van der Waals surface area contributed by atoms with Crippen LogP contribution in [0.4, 0.5) is 0 Å². The fraction of sp³-hybridized carbons (Fsp3) is 0.136. The minimum absolute atomic E-state index is 0.112. The number of fused-ring (bicyclic) bond motifs is 1. The minimum atomic E-state index is 0.112. The molecular weight excluding hydrogens is 294 g/mol. The van der Waals surface area contributed by atoms with Crippen LogP contribution in [0.1, 0.15) is 28.5 Å². The third-order valence-electron chi connectivity index (χ3n) is 4.37. The SMILES string of the molecule is Cc1ccc(CC(c2ccccc2)c2nc3ccccc3o2)cc1. The number of hydrogen-bond donors (Lipinski definition) is 0. The van der Waals surface area contributed by atoms with Gasteiger partial charge in [0.15, 0.2) is 5.58 Å². The van der Waals surface area contributed by atoms with Crippen molar-refractivity contribution in [2.75, 3.05) is 0 Å². The number of benzene rings is 3. The van der Waals surface area contributed by atoms with Crippen molar-refractivity contribution in [1.82, 2.24) is 4.98 Å². The molecule has 1 unspecified atom stereocenters. The summed E-state index contributed by atoms with van der Waals surface area (Å²) in [5, 5.41) is 0. The third kappa shape index (κ3) is 2.95. The highest BCUT2D eigenvalue weighted by molar-refractivity contribution is 5.72. The van der Waals surface area contributed by atoms with Crippen LogP contribution in [0.3, 0.4) is 0 Å². The minimum Gasteiger partial charge on any atom is -0.440 e. The average molecular weight is 313 g/mol. The second kappa shape index (κ2) is 6.32. The van der Waals surface area contributed by atoms with E-state index < -0.39 is 0 Å². The number of aryl methyl sites for hydroxylation is 1. The molecule has 2 heteroatoms. The van der Waals surface area contributed by atoms with Crippen molar-refractivity contribution in [2.45, 2.75) is 19.3 Å².